The summed E-state index contributed by atoms with van der Waals surface area (Å²) >= 11 is 0. The number of carbonyl (C=O) groups is 1. The molecule has 0 saturated carbocycles. The fraction of sp³-hybridized carbons (Fsp3) is 0.278. The number of amides is 1. The maximum absolute atomic E-state index is 13.4. The second kappa shape index (κ2) is 8.66. The number of nitrogens with one attached hydrogen (secondary N) is 1. The van der Waals surface area contributed by atoms with Gasteiger partial charge in [-0.05, 0) is 29.8 Å². The van der Waals surface area contributed by atoms with Crippen molar-refractivity contribution in [3.05, 3.63) is 59.4 Å². The molecule has 26 heavy (non-hydrogen) atoms. The van der Waals surface area contributed by atoms with Crippen molar-refractivity contribution in [1.82, 2.24) is 0 Å². The molecule has 140 valence electrons. The highest BCUT2D eigenvalue weighted by molar-refractivity contribution is 5.93. The smallest absolute Gasteiger partial charge is 0.416 e. The molecule has 0 saturated heterocycles. The molecular weight excluding hydrogens is 354 g/mol. The Labute approximate surface area is 147 Å². The van der Waals surface area contributed by atoms with Gasteiger partial charge in [-0.25, -0.2) is 4.39 Å². The van der Waals surface area contributed by atoms with E-state index in [0.717, 1.165) is 18.2 Å². The third kappa shape index (κ3) is 5.73. The highest BCUT2D eigenvalue weighted by atomic mass is 19.4. The minimum absolute atomic E-state index is 0.137. The van der Waals surface area contributed by atoms with Gasteiger partial charge in [-0.1, -0.05) is 12.1 Å². The lowest BCUT2D eigenvalue weighted by Gasteiger charge is -2.13. The molecule has 8 heteroatoms. The Bertz CT molecular complexity index is 745. The van der Waals surface area contributed by atoms with Crippen LogP contribution < -0.4 is 10.1 Å². The number of hydrogen-bond donors (Lipinski definition) is 1. The Morgan fingerprint density at radius 3 is 2.38 bits per heavy atom. The molecule has 0 aliphatic heterocycles. The number of benzene rings is 2. The first-order valence-electron chi connectivity index (χ1n) is 7.67. The van der Waals surface area contributed by atoms with Crippen LogP contribution in [0.2, 0.25) is 0 Å². The summed E-state index contributed by atoms with van der Waals surface area (Å²) in [4.78, 5) is 12.1. The van der Waals surface area contributed by atoms with Crippen LogP contribution >= 0.6 is 0 Å². The van der Waals surface area contributed by atoms with Gasteiger partial charge >= 0.3 is 6.18 Å². The molecule has 0 spiro atoms. The summed E-state index contributed by atoms with van der Waals surface area (Å²) in [5.74, 6) is -0.801. The van der Waals surface area contributed by atoms with E-state index in [1.165, 1.54) is 31.4 Å². The number of anilines is 1. The molecule has 0 aliphatic rings. The van der Waals surface area contributed by atoms with Gasteiger partial charge in [0.15, 0.2) is 0 Å². The van der Waals surface area contributed by atoms with Gasteiger partial charge in [0, 0.05) is 13.2 Å². The minimum atomic E-state index is -4.43. The quantitative estimate of drug-likeness (QED) is 0.590. The van der Waals surface area contributed by atoms with Crippen LogP contribution in [0.25, 0.3) is 0 Å². The maximum atomic E-state index is 13.4. The average Bonchev–Trinajstić information content (AvgIpc) is 2.56. The maximum Gasteiger partial charge on any atom is 0.416 e. The summed E-state index contributed by atoms with van der Waals surface area (Å²) in [6.07, 6.45) is -4.59. The zero-order valence-corrected chi connectivity index (χ0v) is 13.9. The highest BCUT2D eigenvalue weighted by Gasteiger charge is 2.29. The predicted octanol–water partition coefficient (Wildman–Crippen LogP) is 4.05. The lowest BCUT2D eigenvalue weighted by molar-refractivity contribution is -0.137. The Morgan fingerprint density at radius 2 is 1.77 bits per heavy atom. The van der Waals surface area contributed by atoms with Crippen LogP contribution in [0.4, 0.5) is 23.2 Å². The molecule has 2 aromatic carbocycles. The van der Waals surface area contributed by atoms with E-state index >= 15 is 0 Å². The Kier molecular flexibility index (Phi) is 6.57. The largest absolute Gasteiger partial charge is 0.489 e. The first-order valence-corrected chi connectivity index (χ1v) is 7.67. The molecule has 2 aromatic rings. The molecule has 0 unspecified atom stereocenters. The summed E-state index contributed by atoms with van der Waals surface area (Å²) in [5.41, 5.74) is -0.257. The van der Waals surface area contributed by atoms with E-state index in [9.17, 15) is 22.4 Å². The molecule has 0 radical (unpaired) electrons. The third-order valence-corrected chi connectivity index (χ3v) is 3.41. The summed E-state index contributed by atoms with van der Waals surface area (Å²) in [6.45, 7) is 0.528. The van der Waals surface area contributed by atoms with Crippen LogP contribution in [0, 0.1) is 5.82 Å². The molecular formula is C18H17F4NO3. The Balaban J connectivity index is 2.04. The lowest BCUT2D eigenvalue weighted by Crippen LogP contribution is -2.16. The number of rotatable bonds is 7. The van der Waals surface area contributed by atoms with Gasteiger partial charge in [0.05, 0.1) is 24.3 Å². The van der Waals surface area contributed by atoms with Gasteiger partial charge in [0.2, 0.25) is 5.91 Å². The van der Waals surface area contributed by atoms with E-state index in [4.69, 9.17) is 9.47 Å². The van der Waals surface area contributed by atoms with Gasteiger partial charge in [0.25, 0.3) is 0 Å². The standard InChI is InChI=1S/C18H17F4NO3/c1-25-8-9-26-16-7-6-14(19)11-15(16)23-17(24)10-12-2-4-13(5-3-12)18(20,21)22/h2-7,11H,8-10H2,1H3,(H,23,24). The predicted molar refractivity (Wildman–Crippen MR) is 87.5 cm³/mol. The second-order valence-corrected chi connectivity index (χ2v) is 5.40. The van der Waals surface area contributed by atoms with Crippen molar-refractivity contribution in [3.63, 3.8) is 0 Å². The monoisotopic (exact) mass is 371 g/mol. The van der Waals surface area contributed by atoms with Gasteiger partial charge < -0.3 is 14.8 Å². The second-order valence-electron chi connectivity index (χ2n) is 5.40. The number of carbonyl (C=O) groups excluding carboxylic acids is 1. The highest BCUT2D eigenvalue weighted by Crippen LogP contribution is 2.29. The van der Waals surface area contributed by atoms with E-state index in [1.54, 1.807) is 0 Å². The van der Waals surface area contributed by atoms with Crippen LogP contribution in [0.1, 0.15) is 11.1 Å². The Morgan fingerprint density at radius 1 is 1.08 bits per heavy atom. The lowest BCUT2D eigenvalue weighted by atomic mass is 10.1. The van der Waals surface area contributed by atoms with E-state index in [1.807, 2.05) is 0 Å². The first kappa shape index (κ1) is 19.7. The van der Waals surface area contributed by atoms with E-state index in [0.29, 0.717) is 12.2 Å². The number of methoxy groups -OCH3 is 1. The normalized spacial score (nSPS) is 11.3. The first-order chi connectivity index (χ1) is 12.3. The molecule has 4 nitrogen and oxygen atoms in total. The van der Waals surface area contributed by atoms with Gasteiger partial charge in [-0.15, -0.1) is 0 Å². The average molecular weight is 371 g/mol. The van der Waals surface area contributed by atoms with Crippen LogP contribution in [-0.2, 0) is 22.1 Å². The SMILES string of the molecule is COCCOc1ccc(F)cc1NC(=O)Cc1ccc(C(F)(F)F)cc1. The Hall–Kier alpha value is -2.61. The minimum Gasteiger partial charge on any atom is -0.489 e. The zero-order chi connectivity index (χ0) is 19.2. The summed E-state index contributed by atoms with van der Waals surface area (Å²) in [6, 6.07) is 7.93. The van der Waals surface area contributed by atoms with E-state index in [2.05, 4.69) is 5.32 Å². The fourth-order valence-corrected chi connectivity index (χ4v) is 2.15. The van der Waals surface area contributed by atoms with Crippen molar-refractivity contribution < 1.29 is 31.8 Å². The van der Waals surface area contributed by atoms with E-state index < -0.39 is 23.5 Å². The van der Waals surface area contributed by atoms with Crippen molar-refractivity contribution in [2.24, 2.45) is 0 Å². The van der Waals surface area contributed by atoms with E-state index in [-0.39, 0.29) is 24.5 Å². The zero-order valence-electron chi connectivity index (χ0n) is 13.9. The molecule has 0 aliphatic carbocycles. The topological polar surface area (TPSA) is 47.6 Å². The van der Waals surface area contributed by atoms with Crippen molar-refractivity contribution >= 4 is 11.6 Å². The van der Waals surface area contributed by atoms with Crippen LogP contribution in [-0.4, -0.2) is 26.2 Å². The molecule has 2 rings (SSSR count). The molecule has 1 amide bonds. The molecule has 0 atom stereocenters. The van der Waals surface area contributed by atoms with Crippen molar-refractivity contribution in [2.45, 2.75) is 12.6 Å². The van der Waals surface area contributed by atoms with Gasteiger partial charge in [-0.3, -0.25) is 4.79 Å². The third-order valence-electron chi connectivity index (χ3n) is 3.41. The van der Waals surface area contributed by atoms with Crippen LogP contribution in [0.5, 0.6) is 5.75 Å². The van der Waals surface area contributed by atoms with Gasteiger partial charge in [0.1, 0.15) is 18.2 Å². The number of hydrogen-bond acceptors (Lipinski definition) is 3. The van der Waals surface area contributed by atoms with Crippen LogP contribution in [0.15, 0.2) is 42.5 Å². The summed E-state index contributed by atoms with van der Waals surface area (Å²) in [5, 5.41) is 2.50. The van der Waals surface area contributed by atoms with Crippen molar-refractivity contribution in [3.8, 4) is 5.75 Å². The summed E-state index contributed by atoms with van der Waals surface area (Å²) in [7, 11) is 1.50. The molecule has 1 N–H and O–H groups in total. The van der Waals surface area contributed by atoms with Gasteiger partial charge in [-0.2, -0.15) is 13.2 Å². The fourth-order valence-electron chi connectivity index (χ4n) is 2.15. The molecule has 0 aromatic heterocycles. The number of ether oxygens (including phenoxy) is 2. The number of alkyl halides is 3. The number of halogens is 4. The van der Waals surface area contributed by atoms with Crippen LogP contribution in [0.3, 0.4) is 0 Å². The summed E-state index contributed by atoms with van der Waals surface area (Å²) < 4.78 is 61.3. The molecule has 0 bridgehead atoms. The van der Waals surface area contributed by atoms with Crippen molar-refractivity contribution in [1.29, 1.82) is 0 Å². The van der Waals surface area contributed by atoms with Crippen molar-refractivity contribution in [2.75, 3.05) is 25.6 Å². The molecule has 0 heterocycles. The molecule has 0 fully saturated rings.